The maximum atomic E-state index is 12.5. The van der Waals surface area contributed by atoms with Crippen LogP contribution in [0.25, 0.3) is 0 Å². The van der Waals surface area contributed by atoms with Gasteiger partial charge < -0.3 is 15.1 Å². The summed E-state index contributed by atoms with van der Waals surface area (Å²) >= 11 is 1.68. The largest absolute Gasteiger partial charge is 0.347 e. The first-order valence-corrected chi connectivity index (χ1v) is 9.98. The smallest absolute Gasteiger partial charge is 0.253 e. The molecule has 1 aliphatic heterocycles. The quantitative estimate of drug-likeness (QED) is 0.896. The van der Waals surface area contributed by atoms with Gasteiger partial charge in [-0.05, 0) is 17.7 Å². The van der Waals surface area contributed by atoms with Gasteiger partial charge in [-0.15, -0.1) is 11.3 Å². The van der Waals surface area contributed by atoms with E-state index in [1.165, 1.54) is 5.56 Å². The van der Waals surface area contributed by atoms with Crippen molar-refractivity contribution >= 4 is 22.4 Å². The fourth-order valence-electron chi connectivity index (χ4n) is 2.93. The first-order chi connectivity index (χ1) is 12.3. The van der Waals surface area contributed by atoms with Crippen LogP contribution in [0, 0.1) is 0 Å². The summed E-state index contributed by atoms with van der Waals surface area (Å²) in [6, 6.07) is 7.97. The number of hydrogen-bond donors (Lipinski definition) is 1. The van der Waals surface area contributed by atoms with E-state index < -0.39 is 0 Å². The number of piperazine rings is 1. The number of nitrogens with zero attached hydrogens (tertiary/aromatic N) is 3. The van der Waals surface area contributed by atoms with E-state index in [1.807, 2.05) is 29.2 Å². The van der Waals surface area contributed by atoms with E-state index in [9.17, 15) is 4.79 Å². The fraction of sp³-hybridized carbons (Fsp3) is 0.500. The Labute approximate surface area is 160 Å². The fourth-order valence-corrected chi connectivity index (χ4v) is 3.95. The molecule has 5 nitrogen and oxygen atoms in total. The van der Waals surface area contributed by atoms with Crippen LogP contribution in [0.2, 0.25) is 0 Å². The number of amides is 1. The molecule has 0 bridgehead atoms. The molecule has 140 valence electrons. The number of thiazole rings is 1. The summed E-state index contributed by atoms with van der Waals surface area (Å²) in [5.41, 5.74) is 3.14. The Bertz CT molecular complexity index is 742. The van der Waals surface area contributed by atoms with Crippen molar-refractivity contribution in [3.05, 3.63) is 46.5 Å². The second-order valence-electron chi connectivity index (χ2n) is 7.86. The SMILES string of the molecule is CN(Cc1ccc(C(=O)N2CCNCC2)cc1)c1nc(C(C)(C)C)cs1. The number of benzene rings is 1. The first kappa shape index (κ1) is 18.9. The minimum Gasteiger partial charge on any atom is -0.347 e. The Morgan fingerprint density at radius 2 is 1.88 bits per heavy atom. The highest BCUT2D eigenvalue weighted by Gasteiger charge is 2.19. The van der Waals surface area contributed by atoms with Crippen molar-refractivity contribution in [3.8, 4) is 0 Å². The average Bonchev–Trinajstić information content (AvgIpc) is 3.13. The van der Waals surface area contributed by atoms with E-state index in [1.54, 1.807) is 11.3 Å². The van der Waals surface area contributed by atoms with Gasteiger partial charge in [-0.3, -0.25) is 4.79 Å². The number of hydrogen-bond acceptors (Lipinski definition) is 5. The Morgan fingerprint density at radius 1 is 1.23 bits per heavy atom. The van der Waals surface area contributed by atoms with Crippen molar-refractivity contribution in [1.82, 2.24) is 15.2 Å². The zero-order valence-electron chi connectivity index (χ0n) is 16.1. The molecular weight excluding hydrogens is 344 g/mol. The number of nitrogens with one attached hydrogen (secondary N) is 1. The maximum absolute atomic E-state index is 12.5. The number of carbonyl (C=O) groups excluding carboxylic acids is 1. The van der Waals surface area contributed by atoms with Gasteiger partial charge in [0.2, 0.25) is 0 Å². The van der Waals surface area contributed by atoms with Gasteiger partial charge in [0.25, 0.3) is 5.91 Å². The van der Waals surface area contributed by atoms with Gasteiger partial charge in [-0.2, -0.15) is 0 Å². The Kier molecular flexibility index (Phi) is 5.63. The molecule has 0 unspecified atom stereocenters. The van der Waals surface area contributed by atoms with Crippen molar-refractivity contribution in [3.63, 3.8) is 0 Å². The van der Waals surface area contributed by atoms with E-state index in [0.717, 1.165) is 49.1 Å². The van der Waals surface area contributed by atoms with Gasteiger partial charge in [-0.1, -0.05) is 32.9 Å². The summed E-state index contributed by atoms with van der Waals surface area (Å²) in [6.07, 6.45) is 0. The second-order valence-corrected chi connectivity index (χ2v) is 8.70. The Morgan fingerprint density at radius 3 is 2.46 bits per heavy atom. The normalized spacial score (nSPS) is 15.2. The Hall–Kier alpha value is -1.92. The van der Waals surface area contributed by atoms with Crippen LogP contribution in [0.1, 0.15) is 42.4 Å². The molecule has 6 heteroatoms. The zero-order valence-corrected chi connectivity index (χ0v) is 16.9. The Balaban J connectivity index is 1.63. The first-order valence-electron chi connectivity index (χ1n) is 9.10. The molecule has 2 heterocycles. The third kappa shape index (κ3) is 4.43. The monoisotopic (exact) mass is 372 g/mol. The van der Waals surface area contributed by atoms with Crippen LogP contribution in [0.15, 0.2) is 29.6 Å². The highest BCUT2D eigenvalue weighted by molar-refractivity contribution is 7.13. The summed E-state index contributed by atoms with van der Waals surface area (Å²) in [6.45, 7) is 10.6. The van der Waals surface area contributed by atoms with Gasteiger partial charge in [0.05, 0.1) is 5.69 Å². The molecule has 26 heavy (non-hydrogen) atoms. The van der Waals surface area contributed by atoms with Crippen molar-refractivity contribution in [1.29, 1.82) is 0 Å². The molecule has 0 radical (unpaired) electrons. The zero-order chi connectivity index (χ0) is 18.7. The van der Waals surface area contributed by atoms with Crippen LogP contribution in [0.5, 0.6) is 0 Å². The molecule has 1 aliphatic rings. The summed E-state index contributed by atoms with van der Waals surface area (Å²) in [7, 11) is 2.06. The molecule has 0 spiro atoms. The van der Waals surface area contributed by atoms with E-state index in [0.29, 0.717) is 0 Å². The van der Waals surface area contributed by atoms with Gasteiger partial charge in [0.15, 0.2) is 5.13 Å². The summed E-state index contributed by atoms with van der Waals surface area (Å²) in [4.78, 5) is 21.4. The molecule has 1 aromatic heterocycles. The molecular formula is C20H28N4OS. The van der Waals surface area contributed by atoms with Crippen LogP contribution in [0.4, 0.5) is 5.13 Å². The lowest BCUT2D eigenvalue weighted by Gasteiger charge is -2.27. The van der Waals surface area contributed by atoms with Crippen LogP contribution in [-0.2, 0) is 12.0 Å². The number of anilines is 1. The van der Waals surface area contributed by atoms with E-state index in [-0.39, 0.29) is 11.3 Å². The highest BCUT2D eigenvalue weighted by Crippen LogP contribution is 2.28. The summed E-state index contributed by atoms with van der Waals surface area (Å²) in [5, 5.41) is 6.44. The minimum absolute atomic E-state index is 0.0710. The molecule has 1 saturated heterocycles. The van der Waals surface area contributed by atoms with Crippen molar-refractivity contribution in [2.75, 3.05) is 38.1 Å². The standard InChI is InChI=1S/C20H28N4OS/c1-20(2,3)17-14-26-19(22-17)23(4)13-15-5-7-16(8-6-15)18(25)24-11-9-21-10-12-24/h5-8,14,21H,9-13H2,1-4H3. The van der Waals surface area contributed by atoms with E-state index in [4.69, 9.17) is 4.98 Å². The van der Waals surface area contributed by atoms with Gasteiger partial charge in [0.1, 0.15) is 0 Å². The van der Waals surface area contributed by atoms with E-state index in [2.05, 4.69) is 43.4 Å². The molecule has 1 amide bonds. The molecule has 1 aromatic carbocycles. The lowest BCUT2D eigenvalue weighted by atomic mass is 9.93. The minimum atomic E-state index is 0.0710. The van der Waals surface area contributed by atoms with E-state index >= 15 is 0 Å². The molecule has 1 N–H and O–H groups in total. The van der Waals surface area contributed by atoms with Crippen molar-refractivity contribution in [2.45, 2.75) is 32.7 Å². The molecule has 1 fully saturated rings. The predicted molar refractivity (Wildman–Crippen MR) is 108 cm³/mol. The highest BCUT2D eigenvalue weighted by atomic mass is 32.1. The van der Waals surface area contributed by atoms with Gasteiger partial charge in [-0.25, -0.2) is 4.98 Å². The third-order valence-corrected chi connectivity index (χ3v) is 5.57. The van der Waals surface area contributed by atoms with Crippen molar-refractivity contribution < 1.29 is 4.79 Å². The van der Waals surface area contributed by atoms with Crippen LogP contribution < -0.4 is 10.2 Å². The molecule has 0 atom stereocenters. The molecule has 3 rings (SSSR count). The van der Waals surface area contributed by atoms with Crippen LogP contribution in [0.3, 0.4) is 0 Å². The predicted octanol–water partition coefficient (Wildman–Crippen LogP) is 3.12. The topological polar surface area (TPSA) is 48.5 Å². The van der Waals surface area contributed by atoms with Crippen LogP contribution >= 0.6 is 11.3 Å². The number of rotatable bonds is 4. The molecule has 2 aromatic rings. The molecule has 0 aliphatic carbocycles. The summed E-state index contributed by atoms with van der Waals surface area (Å²) < 4.78 is 0. The van der Waals surface area contributed by atoms with Crippen molar-refractivity contribution in [2.24, 2.45) is 0 Å². The molecule has 0 saturated carbocycles. The number of aromatic nitrogens is 1. The van der Waals surface area contributed by atoms with Gasteiger partial charge in [0, 0.05) is 56.1 Å². The summed E-state index contributed by atoms with van der Waals surface area (Å²) in [5.74, 6) is 0.126. The maximum Gasteiger partial charge on any atom is 0.253 e. The average molecular weight is 373 g/mol. The third-order valence-electron chi connectivity index (χ3n) is 4.61. The van der Waals surface area contributed by atoms with Gasteiger partial charge >= 0.3 is 0 Å². The lowest BCUT2D eigenvalue weighted by Crippen LogP contribution is -2.46. The van der Waals surface area contributed by atoms with Crippen LogP contribution in [-0.4, -0.2) is 49.0 Å². The lowest BCUT2D eigenvalue weighted by molar-refractivity contribution is 0.0736. The second kappa shape index (κ2) is 7.76. The number of carbonyl (C=O) groups is 1.